The minimum Gasteiger partial charge on any atom is -0.497 e. The number of benzene rings is 2. The zero-order valence-electron chi connectivity index (χ0n) is 19.2. The quantitative estimate of drug-likeness (QED) is 0.505. The molecule has 2 heterocycles. The summed E-state index contributed by atoms with van der Waals surface area (Å²) in [7, 11) is 4.72. The third-order valence-electron chi connectivity index (χ3n) is 6.05. The number of rotatable bonds is 6. The number of thioether (sulfide) groups is 1. The Morgan fingerprint density at radius 1 is 1.09 bits per heavy atom. The lowest BCUT2D eigenvalue weighted by atomic mass is 10.0. The Hall–Kier alpha value is -3.13. The molecule has 1 aliphatic heterocycles. The number of fused-ring (bicyclic) bond motifs is 1. The second kappa shape index (κ2) is 9.79. The van der Waals surface area contributed by atoms with Crippen LogP contribution in [0.2, 0.25) is 0 Å². The minimum absolute atomic E-state index is 0.0311. The van der Waals surface area contributed by atoms with Gasteiger partial charge in [0.05, 0.1) is 44.7 Å². The van der Waals surface area contributed by atoms with E-state index in [2.05, 4.69) is 0 Å². The smallest absolute Gasteiger partial charge is 0.340 e. The second-order valence-electron chi connectivity index (χ2n) is 7.82. The Morgan fingerprint density at radius 2 is 1.82 bits per heavy atom. The Morgan fingerprint density at radius 3 is 2.48 bits per heavy atom. The van der Waals surface area contributed by atoms with Gasteiger partial charge in [0, 0.05) is 30.2 Å². The molecular weight excluding hydrogens is 442 g/mol. The molecule has 1 aromatic heterocycles. The SMILES string of the molecule is COc1ccc(C2CSCCN2C(=O)Cc2c(C)c3c(OC)cc(OC)cc3oc2=O)cc1. The van der Waals surface area contributed by atoms with Gasteiger partial charge in [-0.3, -0.25) is 4.79 Å². The summed E-state index contributed by atoms with van der Waals surface area (Å²) in [4.78, 5) is 28.2. The van der Waals surface area contributed by atoms with Crippen molar-refractivity contribution in [3.63, 3.8) is 0 Å². The van der Waals surface area contributed by atoms with Gasteiger partial charge in [0.2, 0.25) is 5.91 Å². The molecule has 1 atom stereocenters. The lowest BCUT2D eigenvalue weighted by Gasteiger charge is -2.36. The van der Waals surface area contributed by atoms with Crippen LogP contribution < -0.4 is 19.8 Å². The van der Waals surface area contributed by atoms with Gasteiger partial charge in [0.15, 0.2) is 0 Å². The lowest BCUT2D eigenvalue weighted by molar-refractivity contribution is -0.132. The van der Waals surface area contributed by atoms with Crippen molar-refractivity contribution in [3.05, 3.63) is 63.5 Å². The molecule has 1 unspecified atom stereocenters. The molecule has 0 N–H and O–H groups in total. The molecule has 174 valence electrons. The molecule has 1 amide bonds. The first-order chi connectivity index (χ1) is 16.0. The van der Waals surface area contributed by atoms with E-state index in [0.717, 1.165) is 22.8 Å². The first-order valence-corrected chi connectivity index (χ1v) is 11.8. The molecule has 0 bridgehead atoms. The number of carbonyl (C=O) groups is 1. The van der Waals surface area contributed by atoms with Crippen molar-refractivity contribution in [2.75, 3.05) is 39.4 Å². The van der Waals surface area contributed by atoms with Gasteiger partial charge in [-0.25, -0.2) is 4.79 Å². The largest absolute Gasteiger partial charge is 0.497 e. The number of ether oxygens (including phenoxy) is 3. The number of hydrogen-bond acceptors (Lipinski definition) is 7. The number of aryl methyl sites for hydroxylation is 1. The summed E-state index contributed by atoms with van der Waals surface area (Å²) in [5.41, 5.74) is 1.93. The molecule has 8 heteroatoms. The summed E-state index contributed by atoms with van der Waals surface area (Å²) in [5, 5.41) is 0.668. The average molecular weight is 470 g/mol. The Kier molecular flexibility index (Phi) is 6.83. The summed E-state index contributed by atoms with van der Waals surface area (Å²) in [6, 6.07) is 11.1. The zero-order chi connectivity index (χ0) is 23.5. The monoisotopic (exact) mass is 469 g/mol. The van der Waals surface area contributed by atoms with E-state index in [-0.39, 0.29) is 18.4 Å². The van der Waals surface area contributed by atoms with Crippen LogP contribution in [0.1, 0.15) is 22.7 Å². The highest BCUT2D eigenvalue weighted by Crippen LogP contribution is 2.35. The van der Waals surface area contributed by atoms with Crippen LogP contribution in [0.25, 0.3) is 11.0 Å². The van der Waals surface area contributed by atoms with Crippen molar-refractivity contribution in [3.8, 4) is 17.2 Å². The molecule has 1 saturated heterocycles. The number of methoxy groups -OCH3 is 3. The van der Waals surface area contributed by atoms with Crippen LogP contribution >= 0.6 is 11.8 Å². The van der Waals surface area contributed by atoms with Gasteiger partial charge in [-0.05, 0) is 30.2 Å². The summed E-state index contributed by atoms with van der Waals surface area (Å²) in [5.74, 6) is 3.39. The van der Waals surface area contributed by atoms with E-state index in [1.165, 1.54) is 7.11 Å². The van der Waals surface area contributed by atoms with E-state index >= 15 is 0 Å². The summed E-state index contributed by atoms with van der Waals surface area (Å²) >= 11 is 1.82. The van der Waals surface area contributed by atoms with Crippen molar-refractivity contribution in [1.82, 2.24) is 4.90 Å². The molecule has 0 radical (unpaired) electrons. The molecule has 4 rings (SSSR count). The van der Waals surface area contributed by atoms with Gasteiger partial charge in [0.1, 0.15) is 22.8 Å². The lowest BCUT2D eigenvalue weighted by Crippen LogP contribution is -2.42. The van der Waals surface area contributed by atoms with E-state index in [9.17, 15) is 9.59 Å². The Balaban J connectivity index is 1.67. The van der Waals surface area contributed by atoms with Gasteiger partial charge in [0.25, 0.3) is 0 Å². The molecule has 0 spiro atoms. The van der Waals surface area contributed by atoms with E-state index in [1.807, 2.05) is 47.9 Å². The van der Waals surface area contributed by atoms with Crippen LogP contribution in [0, 0.1) is 6.92 Å². The van der Waals surface area contributed by atoms with Gasteiger partial charge in [-0.1, -0.05) is 12.1 Å². The van der Waals surface area contributed by atoms with Crippen molar-refractivity contribution >= 4 is 28.6 Å². The summed E-state index contributed by atoms with van der Waals surface area (Å²) in [6.07, 6.45) is -0.0311. The van der Waals surface area contributed by atoms with Crippen molar-refractivity contribution in [2.45, 2.75) is 19.4 Å². The summed E-state index contributed by atoms with van der Waals surface area (Å²) < 4.78 is 21.6. The maximum absolute atomic E-state index is 13.4. The molecule has 0 aliphatic carbocycles. The average Bonchev–Trinajstić information content (AvgIpc) is 2.85. The first kappa shape index (κ1) is 23.0. The second-order valence-corrected chi connectivity index (χ2v) is 8.97. The molecule has 7 nitrogen and oxygen atoms in total. The fourth-order valence-electron chi connectivity index (χ4n) is 4.22. The molecule has 3 aromatic rings. The van der Waals surface area contributed by atoms with Crippen LogP contribution in [0.15, 0.2) is 45.6 Å². The van der Waals surface area contributed by atoms with E-state index in [1.54, 1.807) is 26.4 Å². The number of nitrogens with zero attached hydrogens (tertiary/aromatic N) is 1. The third kappa shape index (κ3) is 4.53. The number of amides is 1. The molecule has 2 aromatic carbocycles. The molecule has 33 heavy (non-hydrogen) atoms. The fraction of sp³-hybridized carbons (Fsp3) is 0.360. The van der Waals surface area contributed by atoms with Crippen LogP contribution in [0.3, 0.4) is 0 Å². The van der Waals surface area contributed by atoms with E-state index in [4.69, 9.17) is 18.6 Å². The van der Waals surface area contributed by atoms with E-state index < -0.39 is 5.63 Å². The summed E-state index contributed by atoms with van der Waals surface area (Å²) in [6.45, 7) is 2.45. The third-order valence-corrected chi connectivity index (χ3v) is 7.07. The molecule has 1 fully saturated rings. The van der Waals surface area contributed by atoms with Gasteiger partial charge >= 0.3 is 5.63 Å². The highest BCUT2D eigenvalue weighted by Gasteiger charge is 2.30. The predicted molar refractivity (Wildman–Crippen MR) is 129 cm³/mol. The number of carbonyl (C=O) groups excluding carboxylic acids is 1. The topological polar surface area (TPSA) is 78.2 Å². The first-order valence-electron chi connectivity index (χ1n) is 10.7. The highest BCUT2D eigenvalue weighted by atomic mass is 32.2. The fourth-order valence-corrected chi connectivity index (χ4v) is 5.31. The normalized spacial score (nSPS) is 16.0. The van der Waals surface area contributed by atoms with Crippen molar-refractivity contribution in [2.24, 2.45) is 0 Å². The van der Waals surface area contributed by atoms with Crippen LogP contribution in [0.5, 0.6) is 17.2 Å². The Labute approximate surface area is 196 Å². The van der Waals surface area contributed by atoms with Crippen molar-refractivity contribution < 1.29 is 23.4 Å². The van der Waals surface area contributed by atoms with Crippen LogP contribution in [0.4, 0.5) is 0 Å². The van der Waals surface area contributed by atoms with Crippen LogP contribution in [-0.2, 0) is 11.2 Å². The van der Waals surface area contributed by atoms with E-state index in [0.29, 0.717) is 40.1 Å². The Bertz CT molecular complexity index is 1220. The standard InChI is InChI=1S/C25H27NO6S/c1-15-19(25(28)32-22-12-18(30-3)11-21(31-4)24(15)22)13-23(27)26-9-10-33-14-20(26)16-5-7-17(29-2)8-6-16/h5-8,11-12,20H,9-10,13-14H2,1-4H3. The maximum atomic E-state index is 13.4. The van der Waals surface area contributed by atoms with Crippen LogP contribution in [-0.4, -0.2) is 50.2 Å². The molecule has 1 aliphatic rings. The van der Waals surface area contributed by atoms with Crippen molar-refractivity contribution in [1.29, 1.82) is 0 Å². The number of hydrogen-bond donors (Lipinski definition) is 0. The predicted octanol–water partition coefficient (Wildman–Crippen LogP) is 3.99. The maximum Gasteiger partial charge on any atom is 0.340 e. The minimum atomic E-state index is -0.518. The highest BCUT2D eigenvalue weighted by molar-refractivity contribution is 7.99. The molecular formula is C25H27NO6S. The van der Waals surface area contributed by atoms with Gasteiger partial charge in [-0.2, -0.15) is 11.8 Å². The molecule has 0 saturated carbocycles. The van der Waals surface area contributed by atoms with Gasteiger partial charge in [-0.15, -0.1) is 0 Å². The van der Waals surface area contributed by atoms with Gasteiger partial charge < -0.3 is 23.5 Å². The zero-order valence-corrected chi connectivity index (χ0v) is 20.0.